The van der Waals surface area contributed by atoms with Gasteiger partial charge in [0.25, 0.3) is 0 Å². The van der Waals surface area contributed by atoms with Gasteiger partial charge in [-0.15, -0.1) is 0 Å². The summed E-state index contributed by atoms with van der Waals surface area (Å²) in [6.45, 7) is 0. The number of fused-ring (bicyclic) bond motifs is 6. The first-order valence-corrected chi connectivity index (χ1v) is 17.6. The Morgan fingerprint density at radius 2 is 0.611 bits per heavy atom. The number of rotatable bonds is 5. The predicted octanol–water partition coefficient (Wildman–Crippen LogP) is 11.1. The maximum atomic E-state index is 10.2. The molecule has 0 N–H and O–H groups in total. The van der Waals surface area contributed by atoms with Crippen molar-refractivity contribution in [3.63, 3.8) is 0 Å². The Hall–Kier alpha value is -7.87. The molecule has 0 aliphatic carbocycles. The van der Waals surface area contributed by atoms with Gasteiger partial charge >= 0.3 is 0 Å². The van der Waals surface area contributed by atoms with Crippen LogP contribution in [0.3, 0.4) is 0 Å². The van der Waals surface area contributed by atoms with Gasteiger partial charge in [-0.2, -0.15) is 10.5 Å². The van der Waals surface area contributed by atoms with E-state index < -0.39 is 0 Å². The van der Waals surface area contributed by atoms with Crippen molar-refractivity contribution in [2.75, 3.05) is 0 Å². The molecule has 0 unspecified atom stereocenters. The summed E-state index contributed by atoms with van der Waals surface area (Å²) >= 11 is 0. The van der Waals surface area contributed by atoms with E-state index in [1.165, 1.54) is 0 Å². The minimum atomic E-state index is 0.517. The largest absolute Gasteiger partial charge is 0.246 e. The summed E-state index contributed by atoms with van der Waals surface area (Å²) in [7, 11) is 0. The minimum Gasteiger partial charge on any atom is -0.246 e. The van der Waals surface area contributed by atoms with Crippen molar-refractivity contribution < 1.29 is 0 Å². The van der Waals surface area contributed by atoms with Crippen molar-refractivity contribution >= 4 is 43.6 Å². The van der Waals surface area contributed by atoms with Crippen LogP contribution in [0.4, 0.5) is 0 Å². The lowest BCUT2D eigenvalue weighted by Crippen LogP contribution is -2.00. The summed E-state index contributed by atoms with van der Waals surface area (Å²) in [6.07, 6.45) is 4.74. The van der Waals surface area contributed by atoms with Crippen LogP contribution in [0.25, 0.3) is 100 Å². The molecule has 3 aromatic heterocycles. The topological polar surface area (TPSA) is 96.1 Å². The van der Waals surface area contributed by atoms with Crippen LogP contribution in [-0.2, 0) is 0 Å². The number of hydrogen-bond donors (Lipinski definition) is 0. The molecule has 54 heavy (non-hydrogen) atoms. The maximum Gasteiger partial charge on any atom is 0.189 e. The third-order valence-corrected chi connectivity index (χ3v) is 10.1. The lowest BCUT2D eigenvalue weighted by atomic mass is 10.0. The Balaban J connectivity index is 1.17. The standard InChI is InChI=1S/C47H27N7/c48-28-53-41-20-16-33(30-10-4-1-5-11-30)24-37(41)39-26-35(18-22-43(39)53)46-50-45(32-14-8-3-9-15-32)51-47(52-46)36-19-23-44-40(27-36)38-25-34(31-12-6-2-7-13-31)17-21-42(38)54(44)29-49/h1-27H. The molecule has 3 heterocycles. The Bertz CT molecular complexity index is 2970. The van der Waals surface area contributed by atoms with E-state index in [-0.39, 0.29) is 0 Å². The van der Waals surface area contributed by atoms with Crippen molar-refractivity contribution in [3.05, 3.63) is 164 Å². The van der Waals surface area contributed by atoms with E-state index in [1.54, 1.807) is 9.13 Å². The highest BCUT2D eigenvalue weighted by molar-refractivity contribution is 6.12. The van der Waals surface area contributed by atoms with E-state index in [1.807, 2.05) is 103 Å². The van der Waals surface area contributed by atoms with Crippen LogP contribution < -0.4 is 0 Å². The van der Waals surface area contributed by atoms with E-state index >= 15 is 0 Å². The van der Waals surface area contributed by atoms with Gasteiger partial charge in [-0.1, -0.05) is 103 Å². The fourth-order valence-electron chi connectivity index (χ4n) is 7.51. The van der Waals surface area contributed by atoms with Crippen molar-refractivity contribution in [3.8, 4) is 68.8 Å². The molecule has 7 heteroatoms. The highest BCUT2D eigenvalue weighted by atomic mass is 15.0. The van der Waals surface area contributed by atoms with Crippen LogP contribution in [0.5, 0.6) is 0 Å². The molecule has 0 bridgehead atoms. The number of nitriles is 2. The summed E-state index contributed by atoms with van der Waals surface area (Å²) in [6, 6.07) is 54.8. The Morgan fingerprint density at radius 3 is 0.963 bits per heavy atom. The predicted molar refractivity (Wildman–Crippen MR) is 215 cm³/mol. The molecule has 0 spiro atoms. The van der Waals surface area contributed by atoms with E-state index in [0.717, 1.165) is 82.6 Å². The van der Waals surface area contributed by atoms with Crippen LogP contribution in [0.15, 0.2) is 164 Å². The van der Waals surface area contributed by atoms with Gasteiger partial charge in [0.2, 0.25) is 0 Å². The highest BCUT2D eigenvalue weighted by Gasteiger charge is 2.18. The van der Waals surface area contributed by atoms with Crippen molar-refractivity contribution in [2.24, 2.45) is 0 Å². The fraction of sp³-hybridized carbons (Fsp3) is 0. The van der Waals surface area contributed by atoms with Gasteiger partial charge in [0, 0.05) is 38.2 Å². The summed E-state index contributed by atoms with van der Waals surface area (Å²) in [5.74, 6) is 1.58. The molecule has 10 rings (SSSR count). The molecular formula is C47H27N7. The normalized spacial score (nSPS) is 11.3. The van der Waals surface area contributed by atoms with Gasteiger partial charge in [-0.05, 0) is 82.9 Å². The molecular weight excluding hydrogens is 663 g/mol. The molecule has 0 atom stereocenters. The van der Waals surface area contributed by atoms with Crippen LogP contribution >= 0.6 is 0 Å². The van der Waals surface area contributed by atoms with E-state index in [4.69, 9.17) is 15.0 Å². The van der Waals surface area contributed by atoms with Crippen LogP contribution in [0.1, 0.15) is 0 Å². The molecule has 0 amide bonds. The van der Waals surface area contributed by atoms with Crippen molar-refractivity contribution in [2.45, 2.75) is 0 Å². The van der Waals surface area contributed by atoms with E-state index in [2.05, 4.69) is 73.0 Å². The molecule has 7 nitrogen and oxygen atoms in total. The van der Waals surface area contributed by atoms with Gasteiger partial charge in [0.05, 0.1) is 22.1 Å². The summed E-state index contributed by atoms with van der Waals surface area (Å²) < 4.78 is 3.35. The number of benzene rings is 7. The molecule has 7 aromatic carbocycles. The lowest BCUT2D eigenvalue weighted by Gasteiger charge is -2.09. The monoisotopic (exact) mass is 689 g/mol. The van der Waals surface area contributed by atoms with Gasteiger partial charge < -0.3 is 0 Å². The SMILES string of the molecule is N#Cn1c2ccc(-c3ccccc3)cc2c2cc(-c3nc(-c4ccccc4)nc(-c4ccc5c(c4)c4cc(-c6ccccc6)ccc4n5C#N)n3)ccc21. The lowest BCUT2D eigenvalue weighted by molar-refractivity contribution is 1.07. The van der Waals surface area contributed by atoms with Gasteiger partial charge in [0.1, 0.15) is 0 Å². The van der Waals surface area contributed by atoms with Gasteiger partial charge in [0.15, 0.2) is 29.9 Å². The first kappa shape index (κ1) is 30.9. The summed E-state index contributed by atoms with van der Waals surface area (Å²) in [4.78, 5) is 15.1. The Labute approximate surface area is 309 Å². The molecule has 250 valence electrons. The average Bonchev–Trinajstić information content (AvgIpc) is 3.74. The zero-order valence-electron chi connectivity index (χ0n) is 28.7. The summed E-state index contributed by atoms with van der Waals surface area (Å²) in [5, 5.41) is 24.2. The fourth-order valence-corrected chi connectivity index (χ4v) is 7.51. The zero-order valence-corrected chi connectivity index (χ0v) is 28.7. The van der Waals surface area contributed by atoms with Crippen molar-refractivity contribution in [1.29, 1.82) is 10.5 Å². The Kier molecular flexibility index (Phi) is 7.11. The number of aromatic nitrogens is 5. The molecule has 0 fully saturated rings. The second kappa shape index (κ2) is 12.4. The second-order valence-corrected chi connectivity index (χ2v) is 13.2. The van der Waals surface area contributed by atoms with Crippen molar-refractivity contribution in [1.82, 2.24) is 24.1 Å². The minimum absolute atomic E-state index is 0.517. The zero-order chi connectivity index (χ0) is 36.2. The van der Waals surface area contributed by atoms with Gasteiger partial charge in [-0.3, -0.25) is 0 Å². The summed E-state index contributed by atoms with van der Waals surface area (Å²) in [5.41, 5.74) is 10.1. The van der Waals surface area contributed by atoms with Gasteiger partial charge in [-0.25, -0.2) is 24.1 Å². The van der Waals surface area contributed by atoms with Crippen LogP contribution in [0.2, 0.25) is 0 Å². The quantitative estimate of drug-likeness (QED) is 0.179. The smallest absolute Gasteiger partial charge is 0.189 e. The number of hydrogen-bond acceptors (Lipinski definition) is 5. The molecule has 0 saturated carbocycles. The number of nitrogens with zero attached hydrogens (tertiary/aromatic N) is 7. The molecule has 0 radical (unpaired) electrons. The maximum absolute atomic E-state index is 10.2. The third kappa shape index (κ3) is 5.00. The third-order valence-electron chi connectivity index (χ3n) is 10.1. The molecule has 0 aliphatic rings. The van der Waals surface area contributed by atoms with Crippen LogP contribution in [-0.4, -0.2) is 24.1 Å². The highest BCUT2D eigenvalue weighted by Crippen LogP contribution is 2.37. The first-order valence-electron chi connectivity index (χ1n) is 17.6. The molecule has 0 aliphatic heterocycles. The van der Waals surface area contributed by atoms with E-state index in [0.29, 0.717) is 17.5 Å². The second-order valence-electron chi connectivity index (χ2n) is 13.2. The molecule has 10 aromatic rings. The van der Waals surface area contributed by atoms with Crippen LogP contribution in [0, 0.1) is 22.9 Å². The first-order chi connectivity index (χ1) is 26.7. The average molecular weight is 690 g/mol. The van der Waals surface area contributed by atoms with E-state index in [9.17, 15) is 10.5 Å². The Morgan fingerprint density at radius 1 is 0.315 bits per heavy atom. The molecule has 0 saturated heterocycles.